The Labute approximate surface area is 136 Å². The molecular formula is C20H12F4. The SMILES string of the molecule is CCc1cc(F)c(C#Cc2ccc3cc(F)c(F)cc3c2)c(F)c1. The van der Waals surface area contributed by atoms with Crippen molar-refractivity contribution < 1.29 is 17.6 Å². The van der Waals surface area contributed by atoms with Crippen molar-refractivity contribution in [2.45, 2.75) is 13.3 Å². The predicted molar refractivity (Wildman–Crippen MR) is 85.6 cm³/mol. The molecule has 4 heteroatoms. The van der Waals surface area contributed by atoms with E-state index in [4.69, 9.17) is 0 Å². The van der Waals surface area contributed by atoms with Crippen LogP contribution < -0.4 is 0 Å². The van der Waals surface area contributed by atoms with E-state index in [1.54, 1.807) is 25.1 Å². The Morgan fingerprint density at radius 2 is 1.33 bits per heavy atom. The van der Waals surface area contributed by atoms with Gasteiger partial charge in [0.25, 0.3) is 0 Å². The molecule has 0 aliphatic heterocycles. The lowest BCUT2D eigenvalue weighted by Gasteiger charge is -2.02. The summed E-state index contributed by atoms with van der Waals surface area (Å²) in [6, 6.07) is 9.37. The highest BCUT2D eigenvalue weighted by Gasteiger charge is 2.08. The summed E-state index contributed by atoms with van der Waals surface area (Å²) in [6.07, 6.45) is 0.522. The van der Waals surface area contributed by atoms with Crippen molar-refractivity contribution in [3.8, 4) is 11.8 Å². The van der Waals surface area contributed by atoms with Gasteiger partial charge in [-0.2, -0.15) is 0 Å². The van der Waals surface area contributed by atoms with Crippen molar-refractivity contribution in [1.29, 1.82) is 0 Å². The minimum absolute atomic E-state index is 0.308. The third kappa shape index (κ3) is 3.11. The molecule has 0 radical (unpaired) electrons. The molecule has 3 rings (SSSR count). The van der Waals surface area contributed by atoms with E-state index in [0.29, 0.717) is 28.3 Å². The molecule has 0 saturated carbocycles. The van der Waals surface area contributed by atoms with Gasteiger partial charge < -0.3 is 0 Å². The van der Waals surface area contributed by atoms with Crippen molar-refractivity contribution >= 4 is 10.8 Å². The Balaban J connectivity index is 2.02. The fourth-order valence-corrected chi connectivity index (χ4v) is 2.40. The van der Waals surface area contributed by atoms with Crippen LogP contribution in [0, 0.1) is 35.1 Å². The number of benzene rings is 3. The standard InChI is InChI=1S/C20H12F4/c1-2-12-8-17(21)16(18(22)9-12)6-4-13-3-5-14-10-19(23)20(24)11-15(14)7-13/h3,5,7-11H,2H2,1H3. The molecule has 0 unspecified atom stereocenters. The number of hydrogen-bond acceptors (Lipinski definition) is 0. The highest BCUT2D eigenvalue weighted by Crippen LogP contribution is 2.20. The summed E-state index contributed by atoms with van der Waals surface area (Å²) in [5.41, 5.74) is 0.697. The first-order valence-corrected chi connectivity index (χ1v) is 7.36. The average Bonchev–Trinajstić information content (AvgIpc) is 2.55. The highest BCUT2D eigenvalue weighted by atomic mass is 19.2. The van der Waals surface area contributed by atoms with Gasteiger partial charge in [0, 0.05) is 5.56 Å². The van der Waals surface area contributed by atoms with Gasteiger partial charge >= 0.3 is 0 Å². The second-order valence-corrected chi connectivity index (χ2v) is 5.37. The molecule has 3 aromatic rings. The first-order valence-electron chi connectivity index (χ1n) is 7.36. The molecule has 0 nitrogen and oxygen atoms in total. The van der Waals surface area contributed by atoms with E-state index < -0.39 is 23.3 Å². The third-order valence-electron chi connectivity index (χ3n) is 3.72. The van der Waals surface area contributed by atoms with Crippen LogP contribution >= 0.6 is 0 Å². The Morgan fingerprint density at radius 1 is 0.708 bits per heavy atom. The second kappa shape index (κ2) is 6.37. The van der Waals surface area contributed by atoms with E-state index in [1.165, 1.54) is 12.1 Å². The molecule has 3 aromatic carbocycles. The molecule has 0 amide bonds. The van der Waals surface area contributed by atoms with E-state index in [2.05, 4.69) is 11.8 Å². The van der Waals surface area contributed by atoms with E-state index >= 15 is 0 Å². The lowest BCUT2D eigenvalue weighted by Crippen LogP contribution is -1.94. The molecule has 0 bridgehead atoms. The number of halogens is 4. The molecule has 0 aliphatic carbocycles. The summed E-state index contributed by atoms with van der Waals surface area (Å²) in [7, 11) is 0. The van der Waals surface area contributed by atoms with E-state index in [9.17, 15) is 17.6 Å². The minimum atomic E-state index is -0.958. The molecule has 0 N–H and O–H groups in total. The highest BCUT2D eigenvalue weighted by molar-refractivity contribution is 5.84. The Hall–Kier alpha value is -2.80. The van der Waals surface area contributed by atoms with Crippen LogP contribution in [0.5, 0.6) is 0 Å². The average molecular weight is 328 g/mol. The molecule has 0 aromatic heterocycles. The summed E-state index contributed by atoms with van der Waals surface area (Å²) < 4.78 is 54.3. The molecule has 0 saturated heterocycles. The van der Waals surface area contributed by atoms with E-state index in [0.717, 1.165) is 12.1 Å². The van der Waals surface area contributed by atoms with Crippen LogP contribution in [0.4, 0.5) is 17.6 Å². The molecule has 0 heterocycles. The molecule has 24 heavy (non-hydrogen) atoms. The van der Waals surface area contributed by atoms with Crippen LogP contribution in [0.15, 0.2) is 42.5 Å². The number of aryl methyl sites for hydroxylation is 1. The third-order valence-corrected chi connectivity index (χ3v) is 3.72. The zero-order valence-electron chi connectivity index (χ0n) is 12.8. The second-order valence-electron chi connectivity index (χ2n) is 5.37. The quantitative estimate of drug-likeness (QED) is 0.417. The molecule has 0 atom stereocenters. The summed E-state index contributed by atoms with van der Waals surface area (Å²) >= 11 is 0. The van der Waals surface area contributed by atoms with Gasteiger partial charge in [0.15, 0.2) is 11.6 Å². The van der Waals surface area contributed by atoms with Crippen molar-refractivity contribution in [2.75, 3.05) is 0 Å². The van der Waals surface area contributed by atoms with Crippen LogP contribution in [0.3, 0.4) is 0 Å². The van der Waals surface area contributed by atoms with Crippen LogP contribution in [-0.4, -0.2) is 0 Å². The normalized spacial score (nSPS) is 10.5. The molecule has 0 aliphatic rings. The lowest BCUT2D eigenvalue weighted by molar-refractivity contribution is 0.511. The fraction of sp³-hybridized carbons (Fsp3) is 0.100. The predicted octanol–water partition coefficient (Wildman–Crippen LogP) is 5.36. The smallest absolute Gasteiger partial charge is 0.159 e. The maximum atomic E-state index is 13.9. The van der Waals surface area contributed by atoms with Gasteiger partial charge in [-0.05, 0) is 59.2 Å². The van der Waals surface area contributed by atoms with Gasteiger partial charge in [-0.3, -0.25) is 0 Å². The monoisotopic (exact) mass is 328 g/mol. The van der Waals surface area contributed by atoms with Gasteiger partial charge in [0.2, 0.25) is 0 Å². The minimum Gasteiger partial charge on any atom is -0.206 e. The van der Waals surface area contributed by atoms with E-state index in [1.807, 2.05) is 0 Å². The maximum Gasteiger partial charge on any atom is 0.159 e. The van der Waals surface area contributed by atoms with Crippen molar-refractivity contribution in [1.82, 2.24) is 0 Å². The lowest BCUT2D eigenvalue weighted by atomic mass is 10.1. The van der Waals surface area contributed by atoms with Gasteiger partial charge in [-0.1, -0.05) is 24.8 Å². The number of rotatable bonds is 1. The van der Waals surface area contributed by atoms with Gasteiger partial charge in [0.05, 0.1) is 5.56 Å². The van der Waals surface area contributed by atoms with Crippen LogP contribution in [0.2, 0.25) is 0 Å². The first-order chi connectivity index (χ1) is 11.5. The summed E-state index contributed by atoms with van der Waals surface area (Å²) in [5, 5.41) is 0.979. The van der Waals surface area contributed by atoms with Gasteiger partial charge in [-0.15, -0.1) is 0 Å². The van der Waals surface area contributed by atoms with Crippen molar-refractivity contribution in [3.63, 3.8) is 0 Å². The maximum absolute atomic E-state index is 13.9. The van der Waals surface area contributed by atoms with Crippen molar-refractivity contribution in [3.05, 3.63) is 82.4 Å². The molecular weight excluding hydrogens is 316 g/mol. The van der Waals surface area contributed by atoms with Crippen LogP contribution in [-0.2, 0) is 6.42 Å². The largest absolute Gasteiger partial charge is 0.206 e. The summed E-state index contributed by atoms with van der Waals surface area (Å²) in [5.74, 6) is 1.81. The fourth-order valence-electron chi connectivity index (χ4n) is 2.40. The summed E-state index contributed by atoms with van der Waals surface area (Å²) in [6.45, 7) is 1.80. The number of hydrogen-bond donors (Lipinski definition) is 0. The summed E-state index contributed by atoms with van der Waals surface area (Å²) in [4.78, 5) is 0. The van der Waals surface area contributed by atoms with Crippen molar-refractivity contribution in [2.24, 2.45) is 0 Å². The zero-order chi connectivity index (χ0) is 17.3. The van der Waals surface area contributed by atoms with Gasteiger partial charge in [-0.25, -0.2) is 17.6 Å². The Morgan fingerprint density at radius 3 is 1.96 bits per heavy atom. The topological polar surface area (TPSA) is 0 Å². The van der Waals surface area contributed by atoms with Crippen LogP contribution in [0.1, 0.15) is 23.6 Å². The first kappa shape index (κ1) is 16.1. The number of fused-ring (bicyclic) bond motifs is 1. The molecule has 120 valence electrons. The zero-order valence-corrected chi connectivity index (χ0v) is 12.8. The van der Waals surface area contributed by atoms with Gasteiger partial charge in [0.1, 0.15) is 11.6 Å². The molecule has 0 fully saturated rings. The van der Waals surface area contributed by atoms with E-state index in [-0.39, 0.29) is 5.56 Å². The Bertz CT molecular complexity index is 971. The van der Waals surface area contributed by atoms with Crippen LogP contribution in [0.25, 0.3) is 10.8 Å². The molecule has 0 spiro atoms. The Kier molecular flexibility index (Phi) is 4.26.